The zero-order valence-electron chi connectivity index (χ0n) is 15.5. The van der Waals surface area contributed by atoms with Crippen LogP contribution in [0.15, 0.2) is 48.5 Å². The van der Waals surface area contributed by atoms with Gasteiger partial charge in [0.15, 0.2) is 0 Å². The van der Waals surface area contributed by atoms with Gasteiger partial charge in [0.05, 0.1) is 13.2 Å². The summed E-state index contributed by atoms with van der Waals surface area (Å²) in [5, 5.41) is 4.76. The SMILES string of the molecule is CCNCc1ccc2c(c1)c(C)c(C)n2CCOCc1ccccc1. The molecule has 1 aromatic heterocycles. The van der Waals surface area contributed by atoms with Crippen molar-refractivity contribution in [1.82, 2.24) is 9.88 Å². The predicted molar refractivity (Wildman–Crippen MR) is 105 cm³/mol. The van der Waals surface area contributed by atoms with Gasteiger partial charge in [-0.05, 0) is 49.2 Å². The quantitative estimate of drug-likeness (QED) is 0.609. The number of ether oxygens (including phenoxy) is 1. The molecule has 0 saturated heterocycles. The van der Waals surface area contributed by atoms with Crippen LogP contribution in [0.4, 0.5) is 0 Å². The highest BCUT2D eigenvalue weighted by atomic mass is 16.5. The second-order valence-corrected chi connectivity index (χ2v) is 6.53. The Morgan fingerprint density at radius 2 is 1.80 bits per heavy atom. The number of rotatable bonds is 8. The standard InChI is InChI=1S/C22H28N2O/c1-4-23-15-20-10-11-22-21(14-20)17(2)18(3)24(22)12-13-25-16-19-8-6-5-7-9-19/h5-11,14,23H,4,12-13,15-16H2,1-3H3. The van der Waals surface area contributed by atoms with Crippen molar-refractivity contribution in [3.63, 3.8) is 0 Å². The van der Waals surface area contributed by atoms with E-state index in [0.29, 0.717) is 6.61 Å². The number of benzene rings is 2. The van der Waals surface area contributed by atoms with Crippen molar-refractivity contribution in [3.8, 4) is 0 Å². The van der Waals surface area contributed by atoms with Gasteiger partial charge in [-0.1, -0.05) is 43.3 Å². The molecule has 132 valence electrons. The van der Waals surface area contributed by atoms with Gasteiger partial charge in [0.25, 0.3) is 0 Å². The molecule has 0 unspecified atom stereocenters. The van der Waals surface area contributed by atoms with E-state index >= 15 is 0 Å². The van der Waals surface area contributed by atoms with Gasteiger partial charge in [-0.3, -0.25) is 0 Å². The Hall–Kier alpha value is -2.10. The molecule has 25 heavy (non-hydrogen) atoms. The molecule has 1 N–H and O–H groups in total. The van der Waals surface area contributed by atoms with Crippen molar-refractivity contribution in [1.29, 1.82) is 0 Å². The van der Waals surface area contributed by atoms with Crippen LogP contribution < -0.4 is 5.32 Å². The average Bonchev–Trinajstić information content (AvgIpc) is 2.88. The molecule has 3 rings (SSSR count). The smallest absolute Gasteiger partial charge is 0.0717 e. The fraction of sp³-hybridized carbons (Fsp3) is 0.364. The van der Waals surface area contributed by atoms with E-state index in [-0.39, 0.29) is 0 Å². The molecule has 0 aliphatic heterocycles. The maximum absolute atomic E-state index is 5.88. The fourth-order valence-electron chi connectivity index (χ4n) is 3.28. The van der Waals surface area contributed by atoms with Crippen molar-refractivity contribution in [3.05, 3.63) is 70.9 Å². The van der Waals surface area contributed by atoms with Crippen molar-refractivity contribution in [2.45, 2.75) is 40.5 Å². The molecular formula is C22H28N2O. The number of nitrogens with one attached hydrogen (secondary N) is 1. The number of hydrogen-bond donors (Lipinski definition) is 1. The topological polar surface area (TPSA) is 26.2 Å². The van der Waals surface area contributed by atoms with Crippen molar-refractivity contribution >= 4 is 10.9 Å². The molecule has 1 heterocycles. The van der Waals surface area contributed by atoms with E-state index in [4.69, 9.17) is 4.74 Å². The summed E-state index contributed by atoms with van der Waals surface area (Å²) in [6, 6.07) is 17.1. The minimum atomic E-state index is 0.672. The number of nitrogens with zero attached hydrogens (tertiary/aromatic N) is 1. The summed E-state index contributed by atoms with van der Waals surface area (Å²) >= 11 is 0. The zero-order valence-corrected chi connectivity index (χ0v) is 15.5. The van der Waals surface area contributed by atoms with Crippen molar-refractivity contribution in [2.24, 2.45) is 0 Å². The molecule has 0 atom stereocenters. The van der Waals surface area contributed by atoms with Crippen molar-refractivity contribution in [2.75, 3.05) is 13.2 Å². The lowest BCUT2D eigenvalue weighted by molar-refractivity contribution is 0.113. The number of fused-ring (bicyclic) bond motifs is 1. The molecule has 3 nitrogen and oxygen atoms in total. The average molecular weight is 336 g/mol. The molecule has 0 amide bonds. The molecule has 0 radical (unpaired) electrons. The highest BCUT2D eigenvalue weighted by Gasteiger charge is 2.11. The molecule has 2 aromatic carbocycles. The summed E-state index contributed by atoms with van der Waals surface area (Å²) in [4.78, 5) is 0. The lowest BCUT2D eigenvalue weighted by Crippen LogP contribution is -2.11. The highest BCUT2D eigenvalue weighted by molar-refractivity contribution is 5.86. The maximum atomic E-state index is 5.88. The molecule has 0 aliphatic carbocycles. The Bertz CT molecular complexity index is 821. The molecule has 0 aliphatic rings. The fourth-order valence-corrected chi connectivity index (χ4v) is 3.28. The second kappa shape index (κ2) is 8.32. The predicted octanol–water partition coefficient (Wildman–Crippen LogP) is 4.58. The van der Waals surface area contributed by atoms with Gasteiger partial charge in [-0.15, -0.1) is 0 Å². The molecule has 3 aromatic rings. The van der Waals surface area contributed by atoms with Crippen LogP contribution in [0.25, 0.3) is 10.9 Å². The molecule has 0 saturated carbocycles. The zero-order chi connectivity index (χ0) is 17.6. The van der Waals surface area contributed by atoms with E-state index in [9.17, 15) is 0 Å². The third-order valence-electron chi connectivity index (χ3n) is 4.85. The first-order valence-corrected chi connectivity index (χ1v) is 9.11. The third kappa shape index (κ3) is 4.12. The summed E-state index contributed by atoms with van der Waals surface area (Å²) in [6.07, 6.45) is 0. The first kappa shape index (κ1) is 17.7. The Kier molecular flexibility index (Phi) is 5.90. The van der Waals surface area contributed by atoms with Gasteiger partial charge in [0, 0.05) is 29.7 Å². The van der Waals surface area contributed by atoms with E-state index in [2.05, 4.69) is 73.1 Å². The van der Waals surface area contributed by atoms with Crippen LogP contribution >= 0.6 is 0 Å². The van der Waals surface area contributed by atoms with E-state index in [1.165, 1.54) is 33.3 Å². The second-order valence-electron chi connectivity index (χ2n) is 6.53. The molecule has 3 heteroatoms. The van der Waals surface area contributed by atoms with Gasteiger partial charge < -0.3 is 14.6 Å². The van der Waals surface area contributed by atoms with Gasteiger partial charge >= 0.3 is 0 Å². The molecular weight excluding hydrogens is 308 g/mol. The summed E-state index contributed by atoms with van der Waals surface area (Å²) in [6.45, 7) is 10.8. The first-order valence-electron chi connectivity index (χ1n) is 9.11. The minimum Gasteiger partial charge on any atom is -0.375 e. The van der Waals surface area contributed by atoms with Crippen LogP contribution in [0.2, 0.25) is 0 Å². The largest absolute Gasteiger partial charge is 0.375 e. The molecule has 0 spiro atoms. The normalized spacial score (nSPS) is 11.3. The van der Waals surface area contributed by atoms with Crippen LogP contribution in [0.3, 0.4) is 0 Å². The lowest BCUT2D eigenvalue weighted by atomic mass is 10.1. The summed E-state index contributed by atoms with van der Waals surface area (Å²) in [5.74, 6) is 0. The van der Waals surface area contributed by atoms with E-state index in [1.54, 1.807) is 0 Å². The van der Waals surface area contributed by atoms with Crippen LogP contribution in [-0.4, -0.2) is 17.7 Å². The molecule has 0 fully saturated rings. The first-order chi connectivity index (χ1) is 12.2. The van der Waals surface area contributed by atoms with Gasteiger partial charge in [-0.2, -0.15) is 0 Å². The Labute approximate surface area is 150 Å². The van der Waals surface area contributed by atoms with Crippen LogP contribution in [0.5, 0.6) is 0 Å². The lowest BCUT2D eigenvalue weighted by Gasteiger charge is -2.10. The Balaban J connectivity index is 1.69. The van der Waals surface area contributed by atoms with Gasteiger partial charge in [-0.25, -0.2) is 0 Å². The third-order valence-corrected chi connectivity index (χ3v) is 4.85. The highest BCUT2D eigenvalue weighted by Crippen LogP contribution is 2.26. The van der Waals surface area contributed by atoms with E-state index in [0.717, 1.165) is 26.2 Å². The maximum Gasteiger partial charge on any atom is 0.0717 e. The summed E-state index contributed by atoms with van der Waals surface area (Å²) in [5.41, 5.74) is 6.57. The van der Waals surface area contributed by atoms with Crippen LogP contribution in [0, 0.1) is 13.8 Å². The number of aromatic nitrogens is 1. The molecule has 0 bridgehead atoms. The van der Waals surface area contributed by atoms with E-state index < -0.39 is 0 Å². The van der Waals surface area contributed by atoms with Crippen LogP contribution in [-0.2, 0) is 24.4 Å². The van der Waals surface area contributed by atoms with Crippen LogP contribution in [0.1, 0.15) is 29.3 Å². The van der Waals surface area contributed by atoms with Gasteiger partial charge in [0.1, 0.15) is 0 Å². The number of aryl methyl sites for hydroxylation is 1. The minimum absolute atomic E-state index is 0.672. The summed E-state index contributed by atoms with van der Waals surface area (Å²) in [7, 11) is 0. The van der Waals surface area contributed by atoms with Crippen molar-refractivity contribution < 1.29 is 4.74 Å². The monoisotopic (exact) mass is 336 g/mol. The Morgan fingerprint density at radius 1 is 1.00 bits per heavy atom. The van der Waals surface area contributed by atoms with E-state index in [1.807, 2.05) is 6.07 Å². The van der Waals surface area contributed by atoms with Gasteiger partial charge in [0.2, 0.25) is 0 Å². The summed E-state index contributed by atoms with van der Waals surface area (Å²) < 4.78 is 8.26. The number of hydrogen-bond acceptors (Lipinski definition) is 2. The Morgan fingerprint density at radius 3 is 2.56 bits per heavy atom.